The van der Waals surface area contributed by atoms with Crippen molar-refractivity contribution in [1.29, 1.82) is 0 Å². The van der Waals surface area contributed by atoms with E-state index in [1.54, 1.807) is 0 Å². The zero-order chi connectivity index (χ0) is 70.8. The van der Waals surface area contributed by atoms with Gasteiger partial charge in [-0.25, -0.2) is 38.9 Å². The summed E-state index contributed by atoms with van der Waals surface area (Å²) in [4.78, 5) is 26.9. The number of hydrogen-bond donors (Lipinski definition) is 9. The Labute approximate surface area is 532 Å². The Morgan fingerprint density at radius 3 is 1.09 bits per heavy atom. The lowest BCUT2D eigenvalue weighted by Gasteiger charge is -2.57. The quantitative estimate of drug-likeness (QED) is 0.0270. The van der Waals surface area contributed by atoms with Crippen molar-refractivity contribution in [3.63, 3.8) is 0 Å². The van der Waals surface area contributed by atoms with E-state index in [0.717, 1.165) is 42.7 Å². The van der Waals surface area contributed by atoms with Crippen LogP contribution in [-0.2, 0) is 192 Å². The molecule has 7 rings (SSSR count). The molecule has 9 N–H and O–H groups in total. The van der Waals surface area contributed by atoms with E-state index >= 15 is 0 Å². The maximum atomic E-state index is 13.7. The monoisotopic (exact) mass is 1530 g/mol. The molecule has 7 aliphatic rings. The third kappa shape index (κ3) is 20.5. The molecule has 7 saturated heterocycles. The van der Waals surface area contributed by atoms with Crippen LogP contribution in [0.25, 0.3) is 0 Å². The highest BCUT2D eigenvalue weighted by molar-refractivity contribution is 7.82. The summed E-state index contributed by atoms with van der Waals surface area (Å²) in [6, 6.07) is 0. The first kappa shape index (κ1) is 80.3. The molecule has 56 heteroatoms. The minimum absolute atomic E-state index is 0.712. The van der Waals surface area contributed by atoms with Gasteiger partial charge in [-0.15, -0.1) is 0 Å². The van der Waals surface area contributed by atoms with Crippen molar-refractivity contribution in [3.8, 4) is 0 Å². The van der Waals surface area contributed by atoms with Gasteiger partial charge in [-0.1, -0.05) is 0 Å². The second-order valence-corrected chi connectivity index (χ2v) is 27.2. The van der Waals surface area contributed by atoms with E-state index in [-0.39, 0.29) is 0 Å². The van der Waals surface area contributed by atoms with Crippen LogP contribution in [-0.4, -0.2) is 342 Å². The van der Waals surface area contributed by atoms with Gasteiger partial charge in [-0.3, -0.25) is 31.9 Å². The van der Waals surface area contributed by atoms with Gasteiger partial charge in [-0.05, 0) is 0 Å². The van der Waals surface area contributed by atoms with Crippen LogP contribution in [0.3, 0.4) is 0 Å². The average Bonchev–Trinajstić information content (AvgIpc) is 0.721. The van der Waals surface area contributed by atoms with Gasteiger partial charge >= 0.3 is 84.7 Å². The first-order valence-electron chi connectivity index (χ1n) is 25.4. The van der Waals surface area contributed by atoms with E-state index < -0.39 is 264 Å². The summed E-state index contributed by atoms with van der Waals surface area (Å²) in [5.74, 6) is -4.29. The summed E-state index contributed by atoms with van der Waals surface area (Å²) in [6.07, 6.45) is -55.7. The minimum Gasteiger partial charge on any atom is -0.479 e. The molecule has 0 saturated carbocycles. The van der Waals surface area contributed by atoms with Crippen molar-refractivity contribution < 1.29 is 220 Å². The standard InChI is InChI=1S/C38H62O49S7/c1-64-15-12(8-72-88(43,44)45)76-33(25(68-5)18(15)65-2)80-20-19(66-3)26(69-6)34(81-24(20)31(39)40)78-16-14(10-74-90(49,50)51)77-35(29(87-94(61,62)63)22(16)85-92(55,56)57)82-30-23(67-4)27-36(83-38(30,11-71-27)37(41)42)79-17-13(9-73-89(46,47)48)75-32(70-7)28(86-93(58,59)60)21(17)84-91(52,53)54/h12-30,32-36H,8-11H2,1-7H3,(H,39,40)(H,41,42)(H,43,44,45)(H,46,47,48)(H,49,50,51)(H,52,53,54)(H,55,56,57)(H,58,59,60)(H,61,62,63)/t12-,13-,14-,15-,16-,17-,18+,19+,20+,21+,22+,23-,24+,25-,26-,27+,28-,29-,30+,32+,33-,34-,35-,36-,38+/m1/s1. The van der Waals surface area contributed by atoms with Crippen molar-refractivity contribution in [2.75, 3.05) is 76.2 Å². The Morgan fingerprint density at radius 1 is 0.372 bits per heavy atom. The van der Waals surface area contributed by atoms with Gasteiger partial charge in [0, 0.05) is 49.8 Å². The van der Waals surface area contributed by atoms with Crippen molar-refractivity contribution >= 4 is 84.7 Å². The maximum Gasteiger partial charge on any atom is 0.397 e. The minimum atomic E-state index is -6.20. The fraction of sp³-hybridized carbons (Fsp3) is 0.947. The van der Waals surface area contributed by atoms with E-state index in [1.807, 2.05) is 0 Å². The summed E-state index contributed by atoms with van der Waals surface area (Å²) in [5, 5.41) is 21.7. The topological polar surface area (TPSA) is 677 Å². The lowest BCUT2D eigenvalue weighted by molar-refractivity contribution is -0.427. The molecule has 0 spiro atoms. The zero-order valence-electron chi connectivity index (χ0n) is 48.4. The van der Waals surface area contributed by atoms with Crippen LogP contribution in [0.5, 0.6) is 0 Å². The molecular formula is C38H62O49S7. The number of methoxy groups -OCH3 is 7. The Morgan fingerprint density at radius 2 is 0.713 bits per heavy atom. The molecule has 0 aliphatic carbocycles. The van der Waals surface area contributed by atoms with E-state index in [2.05, 4.69) is 20.9 Å². The number of carboxylic acids is 2. The molecule has 0 aromatic heterocycles. The Balaban J connectivity index is 1.43. The lowest BCUT2D eigenvalue weighted by atomic mass is 9.83. The summed E-state index contributed by atoms with van der Waals surface area (Å²) in [7, 11) is -34.1. The van der Waals surface area contributed by atoms with Gasteiger partial charge in [0.25, 0.3) is 0 Å². The van der Waals surface area contributed by atoms with Crippen molar-refractivity contribution in [2.24, 2.45) is 0 Å². The fourth-order valence-corrected chi connectivity index (χ4v) is 13.5. The molecule has 25 atom stereocenters. The van der Waals surface area contributed by atoms with E-state index in [9.17, 15) is 111 Å². The molecule has 0 radical (unpaired) electrons. The van der Waals surface area contributed by atoms with Crippen molar-refractivity contribution in [2.45, 2.75) is 153 Å². The predicted molar refractivity (Wildman–Crippen MR) is 277 cm³/mol. The summed E-state index contributed by atoms with van der Waals surface area (Å²) >= 11 is 0. The largest absolute Gasteiger partial charge is 0.479 e. The van der Waals surface area contributed by atoms with Gasteiger partial charge in [0.1, 0.15) is 97.7 Å². The lowest BCUT2D eigenvalue weighted by Crippen LogP contribution is -2.77. The normalized spacial score (nSPS) is 38.9. The third-order valence-corrected chi connectivity index (χ3v) is 17.3. The average molecular weight is 1530 g/mol. The van der Waals surface area contributed by atoms with Gasteiger partial charge in [-0.2, -0.15) is 58.9 Å². The Hall–Kier alpha value is -2.65. The second-order valence-electron chi connectivity index (χ2n) is 19.7. The maximum absolute atomic E-state index is 13.7. The third-order valence-electron chi connectivity index (χ3n) is 14.1. The number of aliphatic carboxylic acids is 2. The fourth-order valence-electron chi connectivity index (χ4n) is 10.6. The van der Waals surface area contributed by atoms with Gasteiger partial charge in [0.05, 0.1) is 26.4 Å². The number of fused-ring (bicyclic) bond motifs is 3. The SMILES string of the molecule is CO[C@H]1O[C@H](COS(=O)(=O)O)[C@@H](O[C@@H]2O[C@@]3(C(=O)O)CO[C@H]2[C@@H](OC)[C@@H]3O[C@H]2O[C@H](COS(=O)(=O)O)[C@@H](O[C@@H]3O[C@H](C(=O)O)[C@@H](O[C@H]4O[C@H](COS(=O)(=O)O)[C@@H](OC)[C@H](OC)[C@H]4OC)[C@H](OC)[C@H]3OC)[C@H](OS(=O)(=O)O)[C@H]2OS(=O)(=O)O)[C@H](OS(=O)(=O)O)[C@H]1OS(=O)(=O)O. The molecule has 2 bridgehead atoms. The summed E-state index contributed by atoms with van der Waals surface area (Å²) in [6.45, 7) is -5.64. The molecule has 7 aliphatic heterocycles. The number of hydrogen-bond acceptors (Lipinski definition) is 40. The molecule has 0 amide bonds. The van der Waals surface area contributed by atoms with Gasteiger partial charge in [0.2, 0.25) is 5.60 Å². The number of carbonyl (C=O) groups is 2. The van der Waals surface area contributed by atoms with Crippen LogP contribution in [0.2, 0.25) is 0 Å². The Bertz CT molecular complexity index is 3410. The highest BCUT2D eigenvalue weighted by atomic mass is 32.3. The Kier molecular flexibility index (Phi) is 26.9. The molecule has 94 heavy (non-hydrogen) atoms. The molecule has 7 fully saturated rings. The number of carboxylic acid groups (broad SMARTS) is 2. The van der Waals surface area contributed by atoms with Crippen LogP contribution in [0, 0.1) is 0 Å². The second kappa shape index (κ2) is 31.5. The zero-order valence-corrected chi connectivity index (χ0v) is 54.1. The van der Waals surface area contributed by atoms with E-state index in [0.29, 0.717) is 7.11 Å². The molecule has 49 nitrogen and oxygen atoms in total. The van der Waals surface area contributed by atoms with Gasteiger partial charge in [0.15, 0.2) is 49.8 Å². The van der Waals surface area contributed by atoms with Gasteiger partial charge < -0.3 is 90.7 Å². The van der Waals surface area contributed by atoms with E-state index in [4.69, 9.17) is 88.9 Å². The van der Waals surface area contributed by atoms with Crippen LogP contribution >= 0.6 is 0 Å². The molecular weight excluding hydrogens is 1460 g/mol. The van der Waals surface area contributed by atoms with E-state index in [1.165, 1.54) is 0 Å². The van der Waals surface area contributed by atoms with Crippen molar-refractivity contribution in [3.05, 3.63) is 0 Å². The van der Waals surface area contributed by atoms with Crippen LogP contribution in [0.15, 0.2) is 0 Å². The molecule has 0 aromatic carbocycles. The highest BCUT2D eigenvalue weighted by Crippen LogP contribution is 2.46. The first-order chi connectivity index (χ1) is 43.2. The summed E-state index contributed by atoms with van der Waals surface area (Å²) < 4.78 is 367. The molecule has 7 heterocycles. The van der Waals surface area contributed by atoms with Crippen LogP contribution in [0.1, 0.15) is 0 Å². The molecule has 0 aromatic rings. The smallest absolute Gasteiger partial charge is 0.397 e. The van der Waals surface area contributed by atoms with Crippen molar-refractivity contribution in [1.82, 2.24) is 0 Å². The molecule has 0 unspecified atom stereocenters. The highest BCUT2D eigenvalue weighted by Gasteiger charge is 2.69. The van der Waals surface area contributed by atoms with Crippen LogP contribution in [0.4, 0.5) is 0 Å². The first-order valence-corrected chi connectivity index (χ1v) is 35.0. The number of ether oxygens (including phenoxy) is 17. The van der Waals surface area contributed by atoms with Crippen LogP contribution < -0.4 is 0 Å². The molecule has 550 valence electrons. The summed E-state index contributed by atoms with van der Waals surface area (Å²) in [5.41, 5.74) is -3.36. The number of rotatable bonds is 34. The predicted octanol–water partition coefficient (Wildman–Crippen LogP) is -7.96.